The molecule has 0 saturated heterocycles. The van der Waals surface area contributed by atoms with Crippen LogP contribution in [0.25, 0.3) is 0 Å². The number of benzene rings is 1. The number of ether oxygens (including phenoxy) is 2. The smallest absolute Gasteiger partial charge is 0.148 e. The molecule has 0 fully saturated rings. The largest absolute Gasteiger partial charge is 0.481 e. The first kappa shape index (κ1) is 17.1. The maximum atomic E-state index is 5.94. The van der Waals surface area contributed by atoms with Gasteiger partial charge in [0.2, 0.25) is 0 Å². The third kappa shape index (κ3) is 6.13. The van der Waals surface area contributed by atoms with Crippen molar-refractivity contribution in [3.05, 3.63) is 28.8 Å². The van der Waals surface area contributed by atoms with Gasteiger partial charge < -0.3 is 14.8 Å². The fraction of sp³-hybridized carbons (Fsp3) is 0.385. The summed E-state index contributed by atoms with van der Waals surface area (Å²) in [5.41, 5.74) is 0.990. The minimum atomic E-state index is 0. The van der Waals surface area contributed by atoms with E-state index in [2.05, 4.69) is 11.2 Å². The van der Waals surface area contributed by atoms with E-state index >= 15 is 0 Å². The predicted molar refractivity (Wildman–Crippen MR) is 76.6 cm³/mol. The lowest BCUT2D eigenvalue weighted by atomic mass is 10.2. The first-order valence-corrected chi connectivity index (χ1v) is 5.70. The Balaban J connectivity index is 0.00000289. The first-order valence-electron chi connectivity index (χ1n) is 5.32. The molecule has 1 aromatic rings. The molecule has 1 rings (SSSR count). The molecule has 18 heavy (non-hydrogen) atoms. The number of nitrogens with one attached hydrogen (secondary N) is 1. The summed E-state index contributed by atoms with van der Waals surface area (Å²) in [7, 11) is 1.67. The maximum Gasteiger partial charge on any atom is 0.148 e. The lowest BCUT2D eigenvalue weighted by molar-refractivity contribution is 0.199. The van der Waals surface area contributed by atoms with Crippen molar-refractivity contribution in [2.24, 2.45) is 0 Å². The molecular formula is C13H17Cl2NO2. The van der Waals surface area contributed by atoms with Gasteiger partial charge in [-0.2, -0.15) is 0 Å². The molecule has 0 saturated carbocycles. The average molecular weight is 290 g/mol. The molecule has 0 radical (unpaired) electrons. The van der Waals surface area contributed by atoms with Crippen LogP contribution in [-0.4, -0.2) is 26.9 Å². The van der Waals surface area contributed by atoms with Crippen molar-refractivity contribution >= 4 is 24.0 Å². The zero-order chi connectivity index (χ0) is 12.5. The second kappa shape index (κ2) is 10.0. The first-order chi connectivity index (χ1) is 8.27. The van der Waals surface area contributed by atoms with Gasteiger partial charge in [0.25, 0.3) is 0 Å². The fourth-order valence-corrected chi connectivity index (χ4v) is 1.54. The summed E-state index contributed by atoms with van der Waals surface area (Å²) in [6, 6.07) is 5.48. The van der Waals surface area contributed by atoms with Crippen molar-refractivity contribution in [1.82, 2.24) is 5.32 Å². The van der Waals surface area contributed by atoms with Gasteiger partial charge in [-0.05, 0) is 18.2 Å². The monoisotopic (exact) mass is 289 g/mol. The Morgan fingerprint density at radius 2 is 2.22 bits per heavy atom. The van der Waals surface area contributed by atoms with Gasteiger partial charge in [-0.3, -0.25) is 0 Å². The van der Waals surface area contributed by atoms with Gasteiger partial charge in [-0.15, -0.1) is 18.8 Å². The van der Waals surface area contributed by atoms with Gasteiger partial charge in [0.15, 0.2) is 0 Å². The number of hydrogen-bond acceptors (Lipinski definition) is 3. The molecule has 0 unspecified atom stereocenters. The van der Waals surface area contributed by atoms with Crippen molar-refractivity contribution in [2.75, 3.05) is 26.9 Å². The predicted octanol–water partition coefficient (Wildman–Crippen LogP) is 2.51. The van der Waals surface area contributed by atoms with E-state index in [1.807, 2.05) is 12.1 Å². The van der Waals surface area contributed by atoms with E-state index in [9.17, 15) is 0 Å². The van der Waals surface area contributed by atoms with Crippen LogP contribution in [0.15, 0.2) is 18.2 Å². The van der Waals surface area contributed by atoms with E-state index < -0.39 is 0 Å². The molecule has 0 amide bonds. The minimum absolute atomic E-state index is 0. The molecule has 0 heterocycles. The topological polar surface area (TPSA) is 30.5 Å². The zero-order valence-electron chi connectivity index (χ0n) is 10.2. The van der Waals surface area contributed by atoms with Crippen molar-refractivity contribution in [3.8, 4) is 18.1 Å². The molecule has 0 aliphatic carbocycles. The molecule has 3 nitrogen and oxygen atoms in total. The summed E-state index contributed by atoms with van der Waals surface area (Å²) in [4.78, 5) is 0. The molecule has 0 bridgehead atoms. The minimum Gasteiger partial charge on any atom is -0.481 e. The standard InChI is InChI=1S/C13H16ClNO2.ClH/c1-3-7-17-13-5-4-12(14)9-11(13)10-15-6-8-16-2;/h1,4-5,9,15H,6-8,10H2,2H3;1H. The Labute approximate surface area is 119 Å². The third-order valence-electron chi connectivity index (χ3n) is 2.13. The molecule has 1 N–H and O–H groups in total. The van der Waals surface area contributed by atoms with E-state index in [4.69, 9.17) is 27.5 Å². The number of rotatable bonds is 7. The molecule has 0 spiro atoms. The highest BCUT2D eigenvalue weighted by Crippen LogP contribution is 2.22. The second-order valence-corrected chi connectivity index (χ2v) is 3.85. The molecule has 5 heteroatoms. The van der Waals surface area contributed by atoms with E-state index in [1.54, 1.807) is 13.2 Å². The number of hydrogen-bond donors (Lipinski definition) is 1. The van der Waals surface area contributed by atoms with Crippen LogP contribution < -0.4 is 10.1 Å². The summed E-state index contributed by atoms with van der Waals surface area (Å²) in [6.07, 6.45) is 5.16. The quantitative estimate of drug-likeness (QED) is 0.618. The van der Waals surface area contributed by atoms with Gasteiger partial charge in [-0.25, -0.2) is 0 Å². The highest BCUT2D eigenvalue weighted by molar-refractivity contribution is 6.30. The Bertz CT molecular complexity index is 391. The van der Waals surface area contributed by atoms with Gasteiger partial charge in [0.05, 0.1) is 6.61 Å². The molecule has 0 aliphatic rings. The molecule has 0 aromatic heterocycles. The zero-order valence-corrected chi connectivity index (χ0v) is 11.8. The van der Waals surface area contributed by atoms with Gasteiger partial charge in [-0.1, -0.05) is 17.5 Å². The van der Waals surface area contributed by atoms with Crippen LogP contribution in [0.5, 0.6) is 5.75 Å². The van der Waals surface area contributed by atoms with Crippen LogP contribution in [-0.2, 0) is 11.3 Å². The molecule has 0 aliphatic heterocycles. The second-order valence-electron chi connectivity index (χ2n) is 3.41. The normalized spacial score (nSPS) is 9.39. The summed E-state index contributed by atoms with van der Waals surface area (Å²) in [5, 5.41) is 3.91. The van der Waals surface area contributed by atoms with E-state index in [0.717, 1.165) is 17.9 Å². The summed E-state index contributed by atoms with van der Waals surface area (Å²) in [6.45, 7) is 2.37. The maximum absolute atomic E-state index is 5.94. The van der Waals surface area contributed by atoms with Crippen LogP contribution in [0.3, 0.4) is 0 Å². The Morgan fingerprint density at radius 1 is 1.44 bits per heavy atom. The van der Waals surface area contributed by atoms with Crippen LogP contribution in [0.4, 0.5) is 0 Å². The van der Waals surface area contributed by atoms with E-state index in [1.165, 1.54) is 0 Å². The summed E-state index contributed by atoms with van der Waals surface area (Å²) in [5.74, 6) is 3.20. The number of halogens is 2. The Hall–Kier alpha value is -0.920. The van der Waals surface area contributed by atoms with Crippen molar-refractivity contribution < 1.29 is 9.47 Å². The lowest BCUT2D eigenvalue weighted by Gasteiger charge is -2.11. The van der Waals surface area contributed by atoms with Gasteiger partial charge in [0, 0.05) is 30.8 Å². The van der Waals surface area contributed by atoms with Crippen LogP contribution >= 0.6 is 24.0 Å². The van der Waals surface area contributed by atoms with Crippen LogP contribution in [0.2, 0.25) is 5.02 Å². The lowest BCUT2D eigenvalue weighted by Crippen LogP contribution is -2.19. The van der Waals surface area contributed by atoms with Crippen LogP contribution in [0.1, 0.15) is 5.56 Å². The molecular weight excluding hydrogens is 273 g/mol. The number of methoxy groups -OCH3 is 1. The van der Waals surface area contributed by atoms with Crippen LogP contribution in [0, 0.1) is 12.3 Å². The highest BCUT2D eigenvalue weighted by Gasteiger charge is 2.04. The summed E-state index contributed by atoms with van der Waals surface area (Å²) < 4.78 is 10.4. The van der Waals surface area contributed by atoms with Crippen molar-refractivity contribution in [3.63, 3.8) is 0 Å². The Kier molecular flexibility index (Phi) is 9.53. The third-order valence-corrected chi connectivity index (χ3v) is 2.37. The SMILES string of the molecule is C#CCOc1ccc(Cl)cc1CNCCOC.Cl. The molecule has 100 valence electrons. The van der Waals surface area contributed by atoms with Crippen molar-refractivity contribution in [2.45, 2.75) is 6.54 Å². The Morgan fingerprint density at radius 3 is 2.89 bits per heavy atom. The fourth-order valence-electron chi connectivity index (χ4n) is 1.34. The van der Waals surface area contributed by atoms with Gasteiger partial charge in [0.1, 0.15) is 12.4 Å². The summed E-state index contributed by atoms with van der Waals surface area (Å²) >= 11 is 5.94. The van der Waals surface area contributed by atoms with E-state index in [0.29, 0.717) is 18.2 Å². The van der Waals surface area contributed by atoms with Crippen molar-refractivity contribution in [1.29, 1.82) is 0 Å². The number of terminal acetylenes is 1. The average Bonchev–Trinajstić information content (AvgIpc) is 2.33. The highest BCUT2D eigenvalue weighted by atomic mass is 35.5. The molecule has 0 atom stereocenters. The van der Waals surface area contributed by atoms with E-state index in [-0.39, 0.29) is 19.0 Å². The van der Waals surface area contributed by atoms with Gasteiger partial charge >= 0.3 is 0 Å². The molecule has 1 aromatic carbocycles.